The van der Waals surface area contributed by atoms with Crippen molar-refractivity contribution >= 4 is 23.6 Å². The fourth-order valence-electron chi connectivity index (χ4n) is 1.33. The maximum absolute atomic E-state index is 11.6. The van der Waals surface area contributed by atoms with E-state index in [1.165, 1.54) is 23.0 Å². The van der Waals surface area contributed by atoms with Crippen LogP contribution in [-0.4, -0.2) is 37.3 Å². The molecule has 9 nitrogen and oxygen atoms in total. The van der Waals surface area contributed by atoms with Crippen molar-refractivity contribution in [3.63, 3.8) is 0 Å². The van der Waals surface area contributed by atoms with Crippen LogP contribution < -0.4 is 10.6 Å². The van der Waals surface area contributed by atoms with Gasteiger partial charge in [-0.2, -0.15) is 4.80 Å². The van der Waals surface area contributed by atoms with Crippen LogP contribution in [0.4, 0.5) is 16.4 Å². The molecule has 0 unspecified atom stereocenters. The second kappa shape index (κ2) is 5.12. The summed E-state index contributed by atoms with van der Waals surface area (Å²) in [4.78, 5) is 23.6. The Bertz CT molecular complexity index is 623. The lowest BCUT2D eigenvalue weighted by Gasteiger charge is -2.05. The largest absolute Gasteiger partial charge is 0.478 e. The number of carbonyl (C=O) groups is 2. The lowest BCUT2D eigenvalue weighted by molar-refractivity contribution is 0.0697. The first-order chi connectivity index (χ1) is 9.04. The van der Waals surface area contributed by atoms with Crippen LogP contribution in [0, 0.1) is 0 Å². The van der Waals surface area contributed by atoms with E-state index in [0.717, 1.165) is 0 Å². The highest BCUT2D eigenvalue weighted by Crippen LogP contribution is 2.10. The number of hydrogen-bond acceptors (Lipinski definition) is 5. The van der Waals surface area contributed by atoms with Crippen molar-refractivity contribution in [2.24, 2.45) is 7.05 Å². The molecule has 0 radical (unpaired) electrons. The van der Waals surface area contributed by atoms with Crippen LogP contribution in [0.25, 0.3) is 0 Å². The molecule has 0 bridgehead atoms. The van der Waals surface area contributed by atoms with Gasteiger partial charge in [-0.05, 0) is 23.4 Å². The van der Waals surface area contributed by atoms with E-state index in [1.807, 2.05) is 0 Å². The number of carboxylic acid groups (broad SMARTS) is 1. The summed E-state index contributed by atoms with van der Waals surface area (Å²) >= 11 is 0. The van der Waals surface area contributed by atoms with Crippen LogP contribution in [-0.2, 0) is 7.05 Å². The minimum Gasteiger partial charge on any atom is -0.478 e. The highest BCUT2D eigenvalue weighted by molar-refractivity contribution is 5.99. The van der Waals surface area contributed by atoms with Gasteiger partial charge in [0.15, 0.2) is 0 Å². The summed E-state index contributed by atoms with van der Waals surface area (Å²) in [5.74, 6) is -1.02. The van der Waals surface area contributed by atoms with E-state index < -0.39 is 12.0 Å². The van der Waals surface area contributed by atoms with Crippen LogP contribution in [0.5, 0.6) is 0 Å². The molecule has 9 heteroatoms. The van der Waals surface area contributed by atoms with Crippen molar-refractivity contribution in [1.82, 2.24) is 20.2 Å². The molecule has 1 aromatic carbocycles. The molecule has 98 valence electrons. The van der Waals surface area contributed by atoms with Crippen LogP contribution in [0.15, 0.2) is 24.3 Å². The average Bonchev–Trinajstić information content (AvgIpc) is 2.74. The Morgan fingerprint density at radius 3 is 2.74 bits per heavy atom. The summed E-state index contributed by atoms with van der Waals surface area (Å²) < 4.78 is 0. The topological polar surface area (TPSA) is 122 Å². The molecule has 2 aromatic rings. The first-order valence-corrected chi connectivity index (χ1v) is 5.20. The van der Waals surface area contributed by atoms with Crippen molar-refractivity contribution in [3.05, 3.63) is 29.8 Å². The zero-order chi connectivity index (χ0) is 13.8. The number of benzene rings is 1. The van der Waals surface area contributed by atoms with Crippen LogP contribution in [0.2, 0.25) is 0 Å². The van der Waals surface area contributed by atoms with Gasteiger partial charge in [0.25, 0.3) is 5.95 Å². The maximum atomic E-state index is 11.6. The monoisotopic (exact) mass is 262 g/mol. The molecule has 0 spiro atoms. The fourth-order valence-corrected chi connectivity index (χ4v) is 1.33. The molecule has 0 atom stereocenters. The molecule has 19 heavy (non-hydrogen) atoms. The SMILES string of the molecule is Cn1nnc(NC(=O)Nc2cccc(C(=O)O)c2)n1. The predicted molar refractivity (Wildman–Crippen MR) is 64.8 cm³/mol. The van der Waals surface area contributed by atoms with E-state index in [0.29, 0.717) is 5.69 Å². The van der Waals surface area contributed by atoms with Crippen molar-refractivity contribution in [2.45, 2.75) is 0 Å². The first-order valence-electron chi connectivity index (χ1n) is 5.20. The van der Waals surface area contributed by atoms with Gasteiger partial charge >= 0.3 is 12.0 Å². The fraction of sp³-hybridized carbons (Fsp3) is 0.100. The molecular formula is C10H10N6O3. The molecule has 2 rings (SSSR count). The number of urea groups is 1. The van der Waals surface area contributed by atoms with Gasteiger partial charge < -0.3 is 10.4 Å². The number of anilines is 2. The Kier molecular flexibility index (Phi) is 3.37. The summed E-state index contributed by atoms with van der Waals surface area (Å²) in [6.45, 7) is 0. The van der Waals surface area contributed by atoms with E-state index >= 15 is 0 Å². The normalized spacial score (nSPS) is 9.95. The Labute approximate surface area is 107 Å². The molecule has 0 aliphatic heterocycles. The van der Waals surface area contributed by atoms with Gasteiger partial charge in [-0.1, -0.05) is 11.2 Å². The number of carbonyl (C=O) groups excluding carboxylic acids is 1. The van der Waals surface area contributed by atoms with E-state index in [9.17, 15) is 9.59 Å². The molecule has 0 aliphatic rings. The van der Waals surface area contributed by atoms with Gasteiger partial charge in [0.05, 0.1) is 12.6 Å². The number of rotatable bonds is 3. The molecular weight excluding hydrogens is 252 g/mol. The van der Waals surface area contributed by atoms with Gasteiger partial charge in [-0.3, -0.25) is 5.32 Å². The molecule has 3 N–H and O–H groups in total. The van der Waals surface area contributed by atoms with Crippen molar-refractivity contribution in [2.75, 3.05) is 10.6 Å². The molecule has 0 saturated heterocycles. The van der Waals surface area contributed by atoms with Crippen molar-refractivity contribution in [1.29, 1.82) is 0 Å². The summed E-state index contributed by atoms with van der Waals surface area (Å²) in [6, 6.07) is 5.27. The van der Waals surface area contributed by atoms with Gasteiger partial charge in [0.2, 0.25) is 0 Å². The number of nitrogens with zero attached hydrogens (tertiary/aromatic N) is 4. The van der Waals surface area contributed by atoms with E-state index in [2.05, 4.69) is 26.0 Å². The third-order valence-corrected chi connectivity index (χ3v) is 2.10. The zero-order valence-electron chi connectivity index (χ0n) is 9.86. The number of aromatic nitrogens is 4. The highest BCUT2D eigenvalue weighted by atomic mass is 16.4. The third-order valence-electron chi connectivity index (χ3n) is 2.10. The predicted octanol–water partition coefficient (Wildman–Crippen LogP) is 0.552. The number of aryl methyl sites for hydroxylation is 1. The summed E-state index contributed by atoms with van der Waals surface area (Å²) in [5, 5.41) is 24.5. The van der Waals surface area contributed by atoms with E-state index in [4.69, 9.17) is 5.11 Å². The number of hydrogen-bond donors (Lipinski definition) is 3. The van der Waals surface area contributed by atoms with Gasteiger partial charge in [-0.25, -0.2) is 9.59 Å². The summed E-state index contributed by atoms with van der Waals surface area (Å²) in [7, 11) is 1.56. The van der Waals surface area contributed by atoms with Crippen LogP contribution in [0.1, 0.15) is 10.4 Å². The Morgan fingerprint density at radius 2 is 2.11 bits per heavy atom. The second-order valence-corrected chi connectivity index (χ2v) is 3.57. The molecule has 2 amide bonds. The standard InChI is InChI=1S/C10H10N6O3/c1-16-14-9(13-15-16)12-10(19)11-7-4-2-3-6(5-7)8(17)18/h2-5H,1H3,(H,17,18)(H2,11,12,14,19). The third kappa shape index (κ3) is 3.25. The minimum atomic E-state index is -1.07. The zero-order valence-corrected chi connectivity index (χ0v) is 9.86. The number of carboxylic acids is 1. The number of nitrogens with one attached hydrogen (secondary N) is 2. The molecule has 1 heterocycles. The van der Waals surface area contributed by atoms with Crippen LogP contribution >= 0.6 is 0 Å². The van der Waals surface area contributed by atoms with Gasteiger partial charge in [0.1, 0.15) is 0 Å². The second-order valence-electron chi connectivity index (χ2n) is 3.57. The number of tetrazole rings is 1. The summed E-state index contributed by atoms with van der Waals surface area (Å²) in [6.07, 6.45) is 0. The Hall–Kier alpha value is -2.97. The lowest BCUT2D eigenvalue weighted by atomic mass is 10.2. The summed E-state index contributed by atoms with van der Waals surface area (Å²) in [5.41, 5.74) is 0.428. The smallest absolute Gasteiger partial charge is 0.335 e. The molecule has 0 saturated carbocycles. The molecule has 1 aromatic heterocycles. The number of aromatic carboxylic acids is 1. The first kappa shape index (κ1) is 12.5. The van der Waals surface area contributed by atoms with Crippen molar-refractivity contribution < 1.29 is 14.7 Å². The maximum Gasteiger partial charge on any atom is 0.335 e. The lowest BCUT2D eigenvalue weighted by Crippen LogP contribution is -2.20. The van der Waals surface area contributed by atoms with Crippen molar-refractivity contribution in [3.8, 4) is 0 Å². The minimum absolute atomic E-state index is 0.0504. The van der Waals surface area contributed by atoms with Gasteiger partial charge in [-0.15, -0.1) is 5.10 Å². The average molecular weight is 262 g/mol. The number of amides is 2. The van der Waals surface area contributed by atoms with Crippen LogP contribution in [0.3, 0.4) is 0 Å². The molecule has 0 fully saturated rings. The van der Waals surface area contributed by atoms with Gasteiger partial charge in [0, 0.05) is 5.69 Å². The Morgan fingerprint density at radius 1 is 1.32 bits per heavy atom. The highest BCUT2D eigenvalue weighted by Gasteiger charge is 2.08. The quantitative estimate of drug-likeness (QED) is 0.742. The van der Waals surface area contributed by atoms with E-state index in [-0.39, 0.29) is 11.5 Å². The van der Waals surface area contributed by atoms with E-state index in [1.54, 1.807) is 13.1 Å². The Balaban J connectivity index is 2.02. The molecule has 0 aliphatic carbocycles.